The number of hydrogen-bond acceptors (Lipinski definition) is 5. The second-order valence-corrected chi connectivity index (χ2v) is 9.01. The largest absolute Gasteiger partial charge is 0.342 e. The molecule has 7 heteroatoms. The number of fused-ring (bicyclic) bond motifs is 1. The fourth-order valence-electron chi connectivity index (χ4n) is 4.64. The highest BCUT2D eigenvalue weighted by Crippen LogP contribution is 2.23. The van der Waals surface area contributed by atoms with Gasteiger partial charge in [-0.1, -0.05) is 6.92 Å². The molecule has 0 amide bonds. The van der Waals surface area contributed by atoms with Crippen LogP contribution in [0.2, 0.25) is 0 Å². The summed E-state index contributed by atoms with van der Waals surface area (Å²) in [7, 11) is 0. The Kier molecular flexibility index (Phi) is 5.36. The van der Waals surface area contributed by atoms with Gasteiger partial charge in [0.1, 0.15) is 5.82 Å². The molecule has 2 aliphatic heterocycles. The van der Waals surface area contributed by atoms with Gasteiger partial charge in [-0.2, -0.15) is 0 Å². The van der Waals surface area contributed by atoms with Crippen LogP contribution < -0.4 is 10.5 Å². The Balaban J connectivity index is 1.36. The molecule has 3 aromatic heterocycles. The third kappa shape index (κ3) is 4.14. The first-order chi connectivity index (χ1) is 15.1. The van der Waals surface area contributed by atoms with Gasteiger partial charge in [-0.25, -0.2) is 9.97 Å². The van der Waals surface area contributed by atoms with E-state index in [1.54, 1.807) is 0 Å². The van der Waals surface area contributed by atoms with Gasteiger partial charge in [0.15, 0.2) is 0 Å². The summed E-state index contributed by atoms with van der Waals surface area (Å²) < 4.78 is 2.15. The summed E-state index contributed by atoms with van der Waals surface area (Å²) in [5.41, 5.74) is 4.19. The van der Waals surface area contributed by atoms with E-state index in [1.807, 2.05) is 12.3 Å². The first-order valence-corrected chi connectivity index (χ1v) is 11.3. The Morgan fingerprint density at radius 1 is 1.19 bits per heavy atom. The predicted molar refractivity (Wildman–Crippen MR) is 122 cm³/mol. The Labute approximate surface area is 182 Å². The van der Waals surface area contributed by atoms with E-state index in [4.69, 9.17) is 4.98 Å². The summed E-state index contributed by atoms with van der Waals surface area (Å²) in [6, 6.07) is 8.32. The van der Waals surface area contributed by atoms with Crippen molar-refractivity contribution in [2.45, 2.75) is 46.2 Å². The second-order valence-electron chi connectivity index (χ2n) is 9.01. The van der Waals surface area contributed by atoms with Crippen molar-refractivity contribution in [3.63, 3.8) is 0 Å². The van der Waals surface area contributed by atoms with Crippen LogP contribution in [0.3, 0.4) is 0 Å². The lowest BCUT2D eigenvalue weighted by molar-refractivity contribution is 0.236. The number of H-pyrrole nitrogens is 1. The normalized spacial score (nSPS) is 17.7. The highest BCUT2D eigenvalue weighted by molar-refractivity contribution is 5.35. The summed E-state index contributed by atoms with van der Waals surface area (Å²) in [4.78, 5) is 29.8. The Morgan fingerprint density at radius 2 is 2.03 bits per heavy atom. The van der Waals surface area contributed by atoms with E-state index in [-0.39, 0.29) is 5.56 Å². The number of nitrogens with zero attached hydrogens (tertiary/aromatic N) is 5. The molecule has 0 bridgehead atoms. The van der Waals surface area contributed by atoms with Crippen molar-refractivity contribution in [3.8, 4) is 5.82 Å². The fourth-order valence-corrected chi connectivity index (χ4v) is 4.64. The first kappa shape index (κ1) is 20.0. The zero-order valence-corrected chi connectivity index (χ0v) is 18.3. The number of anilines is 1. The standard InChI is InChI=1S/C24H30N6O/c1-17-6-12-29(13-7-17)24-26-21-16-28(11-8-20(21)23(31)27-24)15-19-4-3-10-30(19)22-14-18(2)5-9-25-22/h3-5,9-10,14,17H,6-8,11-13,15-16H2,1-2H3,(H,26,27,31). The molecule has 7 nitrogen and oxygen atoms in total. The minimum Gasteiger partial charge on any atom is -0.342 e. The maximum Gasteiger partial charge on any atom is 0.255 e. The molecule has 5 heterocycles. The van der Waals surface area contributed by atoms with Crippen LogP contribution in [0.15, 0.2) is 41.5 Å². The number of aromatic amines is 1. The molecule has 1 N–H and O–H groups in total. The van der Waals surface area contributed by atoms with Crippen LogP contribution in [0, 0.1) is 12.8 Å². The van der Waals surface area contributed by atoms with Crippen LogP contribution >= 0.6 is 0 Å². The summed E-state index contributed by atoms with van der Waals surface area (Å²) >= 11 is 0. The molecule has 1 fully saturated rings. The predicted octanol–water partition coefficient (Wildman–Crippen LogP) is 3.06. The van der Waals surface area contributed by atoms with Crippen LogP contribution in [0.5, 0.6) is 0 Å². The van der Waals surface area contributed by atoms with Gasteiger partial charge >= 0.3 is 0 Å². The summed E-state index contributed by atoms with van der Waals surface area (Å²) in [6.07, 6.45) is 6.95. The van der Waals surface area contributed by atoms with E-state index < -0.39 is 0 Å². The van der Waals surface area contributed by atoms with Gasteiger partial charge in [0.2, 0.25) is 5.95 Å². The topological polar surface area (TPSA) is 70.1 Å². The van der Waals surface area contributed by atoms with Gasteiger partial charge in [0, 0.05) is 56.4 Å². The maximum atomic E-state index is 12.7. The number of piperidine rings is 1. The van der Waals surface area contributed by atoms with Crippen LogP contribution in [-0.2, 0) is 19.5 Å². The lowest BCUT2D eigenvalue weighted by atomic mass is 9.99. The zero-order valence-electron chi connectivity index (χ0n) is 18.3. The lowest BCUT2D eigenvalue weighted by Gasteiger charge is -2.32. The quantitative estimate of drug-likeness (QED) is 0.705. The molecule has 0 atom stereocenters. The zero-order chi connectivity index (χ0) is 21.4. The van der Waals surface area contributed by atoms with E-state index in [9.17, 15) is 4.79 Å². The molecule has 0 saturated carbocycles. The van der Waals surface area contributed by atoms with Crippen molar-refractivity contribution in [1.29, 1.82) is 0 Å². The third-order valence-electron chi connectivity index (χ3n) is 6.59. The Bertz CT molecular complexity index is 1130. The maximum absolute atomic E-state index is 12.7. The fraction of sp³-hybridized carbons (Fsp3) is 0.458. The minimum atomic E-state index is 0.0330. The van der Waals surface area contributed by atoms with E-state index in [0.29, 0.717) is 6.54 Å². The molecule has 1 saturated heterocycles. The van der Waals surface area contributed by atoms with E-state index in [1.165, 1.54) is 11.3 Å². The Hall–Kier alpha value is -2.93. The SMILES string of the molecule is Cc1ccnc(-n2cccc2CN2CCc3c(nc(N4CCC(C)CC4)[nH]c3=O)C2)c1. The second kappa shape index (κ2) is 8.30. The van der Waals surface area contributed by atoms with E-state index in [2.05, 4.69) is 62.6 Å². The average molecular weight is 419 g/mol. The van der Waals surface area contributed by atoms with Gasteiger partial charge in [-0.3, -0.25) is 14.7 Å². The van der Waals surface area contributed by atoms with Gasteiger partial charge in [0.25, 0.3) is 5.56 Å². The monoisotopic (exact) mass is 418 g/mol. The molecule has 0 unspecified atom stereocenters. The van der Waals surface area contributed by atoms with Gasteiger partial charge in [-0.05, 0) is 61.9 Å². The molecule has 0 aliphatic carbocycles. The molecule has 0 aromatic carbocycles. The number of hydrogen-bond donors (Lipinski definition) is 1. The van der Waals surface area contributed by atoms with Gasteiger partial charge in [-0.15, -0.1) is 0 Å². The van der Waals surface area contributed by atoms with Crippen molar-refractivity contribution < 1.29 is 0 Å². The van der Waals surface area contributed by atoms with Gasteiger partial charge < -0.3 is 9.47 Å². The van der Waals surface area contributed by atoms with Crippen molar-refractivity contribution in [3.05, 3.63) is 69.5 Å². The number of pyridine rings is 1. The minimum absolute atomic E-state index is 0.0330. The molecule has 0 radical (unpaired) electrons. The number of aryl methyl sites for hydroxylation is 1. The molecule has 31 heavy (non-hydrogen) atoms. The molecular formula is C24H30N6O. The van der Waals surface area contributed by atoms with Crippen LogP contribution in [-0.4, -0.2) is 44.1 Å². The van der Waals surface area contributed by atoms with E-state index >= 15 is 0 Å². The smallest absolute Gasteiger partial charge is 0.255 e. The highest BCUT2D eigenvalue weighted by atomic mass is 16.1. The third-order valence-corrected chi connectivity index (χ3v) is 6.59. The van der Waals surface area contributed by atoms with Crippen molar-refractivity contribution >= 4 is 5.95 Å². The number of rotatable bonds is 4. The van der Waals surface area contributed by atoms with E-state index in [0.717, 1.165) is 74.4 Å². The van der Waals surface area contributed by atoms with Crippen molar-refractivity contribution in [1.82, 2.24) is 24.4 Å². The first-order valence-electron chi connectivity index (χ1n) is 11.3. The van der Waals surface area contributed by atoms with Gasteiger partial charge in [0.05, 0.1) is 5.69 Å². The summed E-state index contributed by atoms with van der Waals surface area (Å²) in [5.74, 6) is 2.42. The summed E-state index contributed by atoms with van der Waals surface area (Å²) in [5, 5.41) is 0. The van der Waals surface area contributed by atoms with Crippen molar-refractivity contribution in [2.75, 3.05) is 24.5 Å². The number of nitrogens with one attached hydrogen (secondary N) is 1. The molecular weight excluding hydrogens is 388 g/mol. The molecule has 2 aliphatic rings. The molecule has 3 aromatic rings. The van der Waals surface area contributed by atoms with Crippen LogP contribution in [0.4, 0.5) is 5.95 Å². The average Bonchev–Trinajstić information content (AvgIpc) is 3.22. The van der Waals surface area contributed by atoms with Crippen molar-refractivity contribution in [2.24, 2.45) is 5.92 Å². The number of aromatic nitrogens is 4. The Morgan fingerprint density at radius 3 is 2.84 bits per heavy atom. The molecule has 5 rings (SSSR count). The molecule has 162 valence electrons. The van der Waals surface area contributed by atoms with Crippen LogP contribution in [0.1, 0.15) is 42.3 Å². The lowest BCUT2D eigenvalue weighted by Crippen LogP contribution is -2.39. The van der Waals surface area contributed by atoms with Crippen LogP contribution in [0.25, 0.3) is 5.82 Å². The highest BCUT2D eigenvalue weighted by Gasteiger charge is 2.24. The molecule has 0 spiro atoms. The summed E-state index contributed by atoms with van der Waals surface area (Å²) in [6.45, 7) is 8.65.